The van der Waals surface area contributed by atoms with Crippen molar-refractivity contribution in [3.63, 3.8) is 0 Å². The number of aromatic hydroxyl groups is 2. The molecular formula is C36H34N4O9. The second-order valence-corrected chi connectivity index (χ2v) is 13.2. The van der Waals surface area contributed by atoms with E-state index in [1.54, 1.807) is 38.1 Å². The van der Waals surface area contributed by atoms with Gasteiger partial charge in [-0.05, 0) is 45.9 Å². The van der Waals surface area contributed by atoms with Gasteiger partial charge < -0.3 is 29.2 Å². The van der Waals surface area contributed by atoms with Crippen LogP contribution in [0.15, 0.2) is 24.3 Å². The van der Waals surface area contributed by atoms with Gasteiger partial charge >= 0.3 is 5.97 Å². The topological polar surface area (TPSA) is 162 Å². The molecule has 1 fully saturated rings. The number of methoxy groups -OCH3 is 1. The number of carbonyl (C=O) groups excluding carboxylic acids is 3. The van der Waals surface area contributed by atoms with E-state index < -0.39 is 48.0 Å². The number of imide groups is 1. The summed E-state index contributed by atoms with van der Waals surface area (Å²) in [7, 11) is 3.31. The molecule has 5 atom stereocenters. The van der Waals surface area contributed by atoms with E-state index in [0.717, 1.165) is 0 Å². The Morgan fingerprint density at radius 3 is 2.24 bits per heavy atom. The number of benzene rings is 3. The van der Waals surface area contributed by atoms with Gasteiger partial charge in [0, 0.05) is 58.9 Å². The van der Waals surface area contributed by atoms with E-state index in [1.807, 2.05) is 16.8 Å². The van der Waals surface area contributed by atoms with Gasteiger partial charge in [-0.25, -0.2) is 0 Å². The molecule has 0 radical (unpaired) electrons. The lowest BCUT2D eigenvalue weighted by molar-refractivity contribution is -0.132. The smallest absolute Gasteiger partial charge is 0.308 e. The predicted octanol–water partition coefficient (Wildman–Crippen LogP) is 3.44. The van der Waals surface area contributed by atoms with Gasteiger partial charge in [-0.1, -0.05) is 12.1 Å². The normalized spacial score (nSPS) is 24.9. The number of piperazine rings is 1. The number of hydrogen-bond donors (Lipinski definition) is 2. The SMILES string of the molecule is COc1c(C)c(O)c2c(c1O)[C@@H]1[C@@H]3Cc4c(OC(C)=O)c(C)c5c(c4[C@H](CN4C(=O)c6ccccc6C4=O)N3[C@@H](C#N)[C@H](C2)N1C)OCO5. The third-order valence-electron chi connectivity index (χ3n) is 10.9. The maximum Gasteiger partial charge on any atom is 0.308 e. The molecule has 0 unspecified atom stereocenters. The van der Waals surface area contributed by atoms with Crippen molar-refractivity contribution in [1.29, 1.82) is 5.26 Å². The Bertz CT molecular complexity index is 2020. The lowest BCUT2D eigenvalue weighted by Gasteiger charge is -2.60. The second kappa shape index (κ2) is 10.8. The fourth-order valence-electron chi connectivity index (χ4n) is 8.91. The number of esters is 1. The fraction of sp³-hybridized carbons (Fsp3) is 0.389. The molecular weight excluding hydrogens is 632 g/mol. The summed E-state index contributed by atoms with van der Waals surface area (Å²) in [5.41, 5.74) is 3.71. The van der Waals surface area contributed by atoms with Gasteiger partial charge in [0.1, 0.15) is 17.5 Å². The average Bonchev–Trinajstić information content (AvgIpc) is 3.66. The molecule has 13 nitrogen and oxygen atoms in total. The predicted molar refractivity (Wildman–Crippen MR) is 171 cm³/mol. The summed E-state index contributed by atoms with van der Waals surface area (Å²) in [6.07, 6.45) is 0.467. The standard InChI is InChI=1S/C36H34N4O9/c1-15-29(42)20-10-22-24(12-37)40-23(28(38(22)4)27(20)30(43)32(15)46-5)11-21-26(34-33(47-14-48-34)16(2)31(21)49-17(3)41)25(40)13-39-35(44)18-8-6-7-9-19(18)36(39)45/h6-9,22-25,28,42-43H,10-11,13-14H2,1-5H3/t22-,23-,24-,25-,28-/m0/s1. The number of hydrogen-bond acceptors (Lipinski definition) is 12. The molecule has 252 valence electrons. The van der Waals surface area contributed by atoms with Crippen LogP contribution >= 0.6 is 0 Å². The first kappa shape index (κ1) is 31.0. The van der Waals surface area contributed by atoms with Crippen LogP contribution in [0.4, 0.5) is 0 Å². The van der Waals surface area contributed by atoms with E-state index in [2.05, 4.69) is 6.07 Å². The van der Waals surface area contributed by atoms with Crippen molar-refractivity contribution >= 4 is 17.8 Å². The highest BCUT2D eigenvalue weighted by Crippen LogP contribution is 2.59. The van der Waals surface area contributed by atoms with Crippen LogP contribution in [0.3, 0.4) is 0 Å². The Hall–Kier alpha value is -5.32. The van der Waals surface area contributed by atoms with Gasteiger partial charge in [-0.3, -0.25) is 29.1 Å². The molecule has 2 bridgehead atoms. The largest absolute Gasteiger partial charge is 0.507 e. The van der Waals surface area contributed by atoms with E-state index in [9.17, 15) is 29.9 Å². The Balaban J connectivity index is 1.39. The average molecular weight is 667 g/mol. The van der Waals surface area contributed by atoms with E-state index in [4.69, 9.17) is 18.9 Å². The van der Waals surface area contributed by atoms with Gasteiger partial charge in [0.05, 0.1) is 36.4 Å². The quantitative estimate of drug-likeness (QED) is 0.181. The summed E-state index contributed by atoms with van der Waals surface area (Å²) in [5.74, 6) is -0.357. The van der Waals surface area contributed by atoms with Crippen LogP contribution in [0, 0.1) is 25.2 Å². The van der Waals surface area contributed by atoms with Crippen LogP contribution in [0.2, 0.25) is 0 Å². The molecule has 13 heteroatoms. The maximum atomic E-state index is 13.8. The molecule has 2 N–H and O–H groups in total. The number of nitrogens with zero attached hydrogens (tertiary/aromatic N) is 4. The highest BCUT2D eigenvalue weighted by molar-refractivity contribution is 6.21. The lowest BCUT2D eigenvalue weighted by atomic mass is 9.71. The monoisotopic (exact) mass is 666 g/mol. The van der Waals surface area contributed by atoms with Crippen LogP contribution in [0.25, 0.3) is 0 Å². The zero-order valence-electron chi connectivity index (χ0n) is 27.6. The summed E-state index contributed by atoms with van der Waals surface area (Å²) >= 11 is 0. The molecule has 0 aromatic heterocycles. The third-order valence-corrected chi connectivity index (χ3v) is 10.9. The zero-order chi connectivity index (χ0) is 34.6. The third kappa shape index (κ3) is 4.07. The van der Waals surface area contributed by atoms with Crippen LogP contribution in [0.5, 0.6) is 34.5 Å². The highest BCUT2D eigenvalue weighted by Gasteiger charge is 2.58. The first-order valence-electron chi connectivity index (χ1n) is 16.1. The summed E-state index contributed by atoms with van der Waals surface area (Å²) < 4.78 is 23.4. The lowest BCUT2D eigenvalue weighted by Crippen LogP contribution is -2.68. The Kier molecular flexibility index (Phi) is 6.86. The summed E-state index contributed by atoms with van der Waals surface area (Å²) in [5, 5.41) is 34.1. The second-order valence-electron chi connectivity index (χ2n) is 13.2. The molecule has 0 saturated carbocycles. The number of fused-ring (bicyclic) bond motifs is 10. The molecule has 2 amide bonds. The number of ether oxygens (including phenoxy) is 4. The molecule has 3 aromatic carbocycles. The molecule has 49 heavy (non-hydrogen) atoms. The van der Waals surface area contributed by atoms with Crippen molar-refractivity contribution in [2.45, 2.75) is 63.8 Å². The van der Waals surface area contributed by atoms with Crippen LogP contribution in [-0.2, 0) is 17.6 Å². The van der Waals surface area contributed by atoms with Crippen molar-refractivity contribution in [2.24, 2.45) is 0 Å². The molecule has 5 heterocycles. The minimum absolute atomic E-state index is 0.00325. The molecule has 3 aromatic rings. The minimum atomic E-state index is -0.811. The van der Waals surface area contributed by atoms with Crippen molar-refractivity contribution in [3.05, 3.63) is 68.8 Å². The molecule has 5 aliphatic heterocycles. The Morgan fingerprint density at radius 1 is 0.959 bits per heavy atom. The highest BCUT2D eigenvalue weighted by atomic mass is 16.7. The Morgan fingerprint density at radius 2 is 1.61 bits per heavy atom. The zero-order valence-corrected chi connectivity index (χ0v) is 27.6. The van der Waals surface area contributed by atoms with Crippen molar-refractivity contribution in [2.75, 3.05) is 27.5 Å². The van der Waals surface area contributed by atoms with Crippen molar-refractivity contribution in [3.8, 4) is 40.6 Å². The molecule has 5 aliphatic rings. The fourth-order valence-corrected chi connectivity index (χ4v) is 8.91. The minimum Gasteiger partial charge on any atom is -0.507 e. The first-order valence-corrected chi connectivity index (χ1v) is 16.1. The van der Waals surface area contributed by atoms with E-state index in [0.29, 0.717) is 56.0 Å². The molecule has 8 rings (SSSR count). The van der Waals surface area contributed by atoms with E-state index >= 15 is 0 Å². The molecule has 0 aliphatic carbocycles. The van der Waals surface area contributed by atoms with Gasteiger partial charge in [0.25, 0.3) is 11.8 Å². The van der Waals surface area contributed by atoms with E-state index in [1.165, 1.54) is 18.9 Å². The first-order chi connectivity index (χ1) is 23.5. The number of rotatable bonds is 4. The number of phenols is 2. The summed E-state index contributed by atoms with van der Waals surface area (Å²) in [6.45, 7) is 4.51. The van der Waals surface area contributed by atoms with E-state index in [-0.39, 0.29) is 49.2 Å². The van der Waals surface area contributed by atoms with Crippen LogP contribution < -0.4 is 18.9 Å². The van der Waals surface area contributed by atoms with Gasteiger partial charge in [0.15, 0.2) is 23.0 Å². The van der Waals surface area contributed by atoms with Gasteiger partial charge in [-0.2, -0.15) is 5.26 Å². The van der Waals surface area contributed by atoms with Crippen LogP contribution in [-0.4, -0.2) is 88.3 Å². The summed E-state index contributed by atoms with van der Waals surface area (Å²) in [4.78, 5) is 45.4. The Labute approximate surface area is 281 Å². The maximum absolute atomic E-state index is 13.8. The van der Waals surface area contributed by atoms with Gasteiger partial charge in [-0.15, -0.1) is 0 Å². The van der Waals surface area contributed by atoms with Crippen LogP contribution in [0.1, 0.15) is 73.1 Å². The number of amides is 2. The van der Waals surface area contributed by atoms with Crippen molar-refractivity contribution < 1.29 is 43.5 Å². The van der Waals surface area contributed by atoms with Gasteiger partial charge in [0.2, 0.25) is 6.79 Å². The molecule has 0 spiro atoms. The number of phenolic OH excluding ortho intramolecular Hbond substituents is 2. The van der Waals surface area contributed by atoms with Crippen molar-refractivity contribution in [1.82, 2.24) is 14.7 Å². The summed E-state index contributed by atoms with van der Waals surface area (Å²) in [6, 6.07) is 5.92. The number of carbonyl (C=O) groups is 3. The molecule has 1 saturated heterocycles. The number of nitriles is 1. The number of likely N-dealkylation sites (N-methyl/N-ethyl adjacent to an activating group) is 1.